The van der Waals surface area contributed by atoms with Crippen LogP contribution in [0.25, 0.3) is 44.7 Å². The summed E-state index contributed by atoms with van der Waals surface area (Å²) in [7, 11) is 0. The Hall–Kier alpha value is -3.13. The van der Waals surface area contributed by atoms with E-state index >= 15 is 0 Å². The van der Waals surface area contributed by atoms with E-state index in [0.717, 1.165) is 5.52 Å². The summed E-state index contributed by atoms with van der Waals surface area (Å²) in [6.07, 6.45) is 19.1. The molecule has 1 aliphatic rings. The molecule has 0 fully saturated rings. The predicted molar refractivity (Wildman–Crippen MR) is 126 cm³/mol. The number of benzene rings is 2. The van der Waals surface area contributed by atoms with Gasteiger partial charge in [-0.05, 0) is 56.7 Å². The molecule has 2 aromatic heterocycles. The Morgan fingerprint density at radius 3 is 2.59 bits per heavy atom. The highest BCUT2D eigenvalue weighted by Gasteiger charge is 2.22. The molecule has 2 aromatic carbocycles. The zero-order valence-electron chi connectivity index (χ0n) is 17.1. The summed E-state index contributed by atoms with van der Waals surface area (Å²) in [6, 6.07) is 13.5. The van der Waals surface area contributed by atoms with Gasteiger partial charge in [-0.15, -0.1) is 0 Å². The average molecular weight is 379 g/mol. The van der Waals surface area contributed by atoms with Crippen molar-refractivity contribution in [1.82, 2.24) is 9.55 Å². The fourth-order valence-electron chi connectivity index (χ4n) is 4.83. The van der Waals surface area contributed by atoms with E-state index < -0.39 is 0 Å². The monoisotopic (exact) mass is 378 g/mol. The Balaban J connectivity index is 2.01. The first kappa shape index (κ1) is 17.9. The standard InChI is InChI=1S/C27H26N2/c1-3-9-22-23(10-4-2)29(21-12-6-5-7-13-21)24-17-16-19-14-15-20-11-8-18-28-27(20)25(19)26(22)24/h3-4,6,8-12,14-18,21H,5,7,13H2,1-2H3/b9-3-,10-4-. The van der Waals surface area contributed by atoms with Gasteiger partial charge in [0, 0.05) is 33.6 Å². The summed E-state index contributed by atoms with van der Waals surface area (Å²) in [5, 5.41) is 5.02. The number of hydrogen-bond donors (Lipinski definition) is 0. The minimum Gasteiger partial charge on any atom is -0.333 e. The molecule has 1 unspecified atom stereocenters. The molecule has 0 bridgehead atoms. The van der Waals surface area contributed by atoms with Crippen LogP contribution in [0.1, 0.15) is 50.4 Å². The highest BCUT2D eigenvalue weighted by atomic mass is 15.0. The largest absolute Gasteiger partial charge is 0.333 e. The van der Waals surface area contributed by atoms with Crippen LogP contribution in [-0.2, 0) is 0 Å². The maximum absolute atomic E-state index is 4.79. The number of rotatable bonds is 3. The SMILES string of the molecule is C/C=C\c1c(/C=C\C)n(C2C=CCCC2)c2ccc3ccc4cccnc4c3c12. The van der Waals surface area contributed by atoms with Gasteiger partial charge in [-0.3, -0.25) is 4.98 Å². The molecule has 0 saturated heterocycles. The molecule has 0 aliphatic heterocycles. The van der Waals surface area contributed by atoms with Gasteiger partial charge in [0.15, 0.2) is 0 Å². The van der Waals surface area contributed by atoms with Gasteiger partial charge < -0.3 is 4.57 Å². The molecule has 0 saturated carbocycles. The second kappa shape index (κ2) is 7.36. The topological polar surface area (TPSA) is 17.8 Å². The second-order valence-electron chi connectivity index (χ2n) is 7.79. The third-order valence-corrected chi connectivity index (χ3v) is 6.02. The molecule has 0 spiro atoms. The summed E-state index contributed by atoms with van der Waals surface area (Å²) in [6.45, 7) is 4.21. The predicted octanol–water partition coefficient (Wildman–Crippen LogP) is 7.69. The van der Waals surface area contributed by atoms with Gasteiger partial charge in [0.05, 0.1) is 17.1 Å². The minimum atomic E-state index is 0.400. The summed E-state index contributed by atoms with van der Waals surface area (Å²) in [4.78, 5) is 4.79. The number of nitrogens with zero attached hydrogens (tertiary/aromatic N) is 2. The van der Waals surface area contributed by atoms with Gasteiger partial charge in [-0.2, -0.15) is 0 Å². The molecule has 2 heteroatoms. The van der Waals surface area contributed by atoms with Crippen LogP contribution < -0.4 is 0 Å². The average Bonchev–Trinajstić information content (AvgIpc) is 3.08. The molecule has 1 atom stereocenters. The Bertz CT molecular complexity index is 1300. The van der Waals surface area contributed by atoms with Crippen molar-refractivity contribution < 1.29 is 0 Å². The summed E-state index contributed by atoms with van der Waals surface area (Å²) < 4.78 is 2.54. The van der Waals surface area contributed by atoms with Gasteiger partial charge in [0.1, 0.15) is 0 Å². The molecular formula is C27H26N2. The van der Waals surface area contributed by atoms with Crippen molar-refractivity contribution in [2.75, 3.05) is 0 Å². The lowest BCUT2D eigenvalue weighted by Gasteiger charge is -2.22. The van der Waals surface area contributed by atoms with Gasteiger partial charge in [-0.1, -0.05) is 54.6 Å². The lowest BCUT2D eigenvalue weighted by Crippen LogP contribution is -2.10. The van der Waals surface area contributed by atoms with Crippen molar-refractivity contribution in [3.63, 3.8) is 0 Å². The van der Waals surface area contributed by atoms with E-state index in [9.17, 15) is 0 Å². The highest BCUT2D eigenvalue weighted by molar-refractivity contribution is 6.21. The lowest BCUT2D eigenvalue weighted by molar-refractivity contribution is 0.528. The third-order valence-electron chi connectivity index (χ3n) is 6.02. The molecule has 0 amide bonds. The van der Waals surface area contributed by atoms with Crippen molar-refractivity contribution >= 4 is 44.7 Å². The Morgan fingerprint density at radius 1 is 0.966 bits per heavy atom. The number of pyridine rings is 1. The van der Waals surface area contributed by atoms with Gasteiger partial charge >= 0.3 is 0 Å². The van der Waals surface area contributed by atoms with E-state index in [4.69, 9.17) is 4.98 Å². The maximum atomic E-state index is 4.79. The van der Waals surface area contributed by atoms with Crippen molar-refractivity contribution in [2.45, 2.75) is 39.2 Å². The zero-order chi connectivity index (χ0) is 19.8. The third kappa shape index (κ3) is 2.82. The van der Waals surface area contributed by atoms with Gasteiger partial charge in [0.25, 0.3) is 0 Å². The Labute approximate surface area is 171 Å². The maximum Gasteiger partial charge on any atom is 0.0787 e. The molecule has 2 heterocycles. The summed E-state index contributed by atoms with van der Waals surface area (Å²) in [5.41, 5.74) is 4.97. The fourth-order valence-corrected chi connectivity index (χ4v) is 4.83. The lowest BCUT2D eigenvalue weighted by atomic mass is 9.99. The van der Waals surface area contributed by atoms with E-state index in [1.807, 2.05) is 12.3 Å². The molecule has 4 aromatic rings. The van der Waals surface area contributed by atoms with Crippen molar-refractivity contribution in [1.29, 1.82) is 0 Å². The van der Waals surface area contributed by atoms with Gasteiger partial charge in [0.2, 0.25) is 0 Å². The minimum absolute atomic E-state index is 0.400. The van der Waals surface area contributed by atoms with E-state index in [2.05, 4.69) is 85.2 Å². The first-order valence-corrected chi connectivity index (χ1v) is 10.6. The number of fused-ring (bicyclic) bond motifs is 5. The summed E-state index contributed by atoms with van der Waals surface area (Å²) >= 11 is 0. The summed E-state index contributed by atoms with van der Waals surface area (Å²) in [5.74, 6) is 0. The van der Waals surface area contributed by atoms with E-state index in [-0.39, 0.29) is 0 Å². The van der Waals surface area contributed by atoms with Crippen LogP contribution in [0.3, 0.4) is 0 Å². The number of aromatic nitrogens is 2. The molecule has 5 rings (SSSR count). The molecule has 29 heavy (non-hydrogen) atoms. The van der Waals surface area contributed by atoms with Crippen LogP contribution in [0.15, 0.2) is 66.9 Å². The molecule has 2 nitrogen and oxygen atoms in total. The van der Waals surface area contributed by atoms with E-state index in [1.165, 1.54) is 57.6 Å². The van der Waals surface area contributed by atoms with E-state index in [0.29, 0.717) is 6.04 Å². The van der Waals surface area contributed by atoms with Crippen LogP contribution in [0.5, 0.6) is 0 Å². The smallest absolute Gasteiger partial charge is 0.0787 e. The Morgan fingerprint density at radius 2 is 1.79 bits per heavy atom. The van der Waals surface area contributed by atoms with Crippen molar-refractivity contribution in [2.24, 2.45) is 0 Å². The number of allylic oxidation sites excluding steroid dienone is 4. The molecule has 0 radical (unpaired) electrons. The van der Waals surface area contributed by atoms with Crippen LogP contribution in [0.2, 0.25) is 0 Å². The quantitative estimate of drug-likeness (QED) is 0.264. The highest BCUT2D eigenvalue weighted by Crippen LogP contribution is 2.40. The molecule has 144 valence electrons. The zero-order valence-corrected chi connectivity index (χ0v) is 17.1. The second-order valence-corrected chi connectivity index (χ2v) is 7.79. The fraction of sp³-hybridized carbons (Fsp3) is 0.222. The van der Waals surface area contributed by atoms with Crippen molar-refractivity contribution in [3.8, 4) is 0 Å². The molecule has 1 aliphatic carbocycles. The normalized spacial score (nSPS) is 17.5. The van der Waals surface area contributed by atoms with Crippen LogP contribution in [-0.4, -0.2) is 9.55 Å². The number of hydrogen-bond acceptors (Lipinski definition) is 1. The first-order valence-electron chi connectivity index (χ1n) is 10.6. The molecular weight excluding hydrogens is 352 g/mol. The van der Waals surface area contributed by atoms with E-state index in [1.54, 1.807) is 0 Å². The Kier molecular flexibility index (Phi) is 4.55. The van der Waals surface area contributed by atoms with Crippen molar-refractivity contribution in [3.05, 3.63) is 78.2 Å². The molecule has 0 N–H and O–H groups in total. The van der Waals surface area contributed by atoms with Crippen LogP contribution in [0, 0.1) is 0 Å². The van der Waals surface area contributed by atoms with Gasteiger partial charge in [-0.25, -0.2) is 0 Å². The van der Waals surface area contributed by atoms with Crippen LogP contribution in [0.4, 0.5) is 0 Å². The first-order chi connectivity index (χ1) is 14.3. The van der Waals surface area contributed by atoms with Crippen LogP contribution >= 0.6 is 0 Å².